The second-order valence-corrected chi connectivity index (χ2v) is 5.48. The summed E-state index contributed by atoms with van der Waals surface area (Å²) in [5.74, 6) is 0.596. The fourth-order valence-electron chi connectivity index (χ4n) is 2.19. The van der Waals surface area contributed by atoms with Crippen LogP contribution in [-0.2, 0) is 6.42 Å². The number of rotatable bonds is 3. The van der Waals surface area contributed by atoms with Crippen molar-refractivity contribution in [3.63, 3.8) is 0 Å². The number of halogens is 1. The van der Waals surface area contributed by atoms with E-state index in [9.17, 15) is 0 Å². The molecule has 0 saturated heterocycles. The summed E-state index contributed by atoms with van der Waals surface area (Å²) >= 11 is 6.18. The molecule has 0 spiro atoms. The van der Waals surface area contributed by atoms with E-state index in [4.69, 9.17) is 16.6 Å². The molecule has 1 heterocycles. The Kier molecular flexibility index (Phi) is 3.76. The fourth-order valence-corrected chi connectivity index (χ4v) is 2.34. The van der Waals surface area contributed by atoms with E-state index in [1.807, 2.05) is 26.1 Å². The van der Waals surface area contributed by atoms with Gasteiger partial charge in [-0.05, 0) is 43.0 Å². The molecule has 0 aliphatic rings. The predicted molar refractivity (Wildman–Crippen MR) is 79.6 cm³/mol. The summed E-state index contributed by atoms with van der Waals surface area (Å²) < 4.78 is 0. The Morgan fingerprint density at radius 2 is 2.06 bits per heavy atom. The molecule has 18 heavy (non-hydrogen) atoms. The molecule has 2 aromatic rings. The van der Waals surface area contributed by atoms with Crippen LogP contribution in [0.25, 0.3) is 10.9 Å². The maximum absolute atomic E-state index is 6.18. The minimum atomic E-state index is 0.596. The number of aromatic nitrogens is 1. The molecule has 0 unspecified atom stereocenters. The standard InChI is InChI=1S/C15H19ClN2/c1-9(2)7-11-8-14(17-4)12-5-6-13(16)10(3)15(12)18-11/h5-6,8-9H,7H2,1-4H3,(H,17,18). The normalized spacial score (nSPS) is 11.2. The lowest BCUT2D eigenvalue weighted by Crippen LogP contribution is -2.01. The maximum Gasteiger partial charge on any atom is 0.0770 e. The van der Waals surface area contributed by atoms with E-state index >= 15 is 0 Å². The average Bonchev–Trinajstić information content (AvgIpc) is 2.32. The third-order valence-corrected chi connectivity index (χ3v) is 3.52. The average molecular weight is 263 g/mol. The quantitative estimate of drug-likeness (QED) is 0.885. The number of nitrogens with one attached hydrogen (secondary N) is 1. The number of anilines is 1. The molecule has 2 rings (SSSR count). The van der Waals surface area contributed by atoms with Crippen molar-refractivity contribution in [2.24, 2.45) is 5.92 Å². The monoisotopic (exact) mass is 262 g/mol. The Morgan fingerprint density at radius 1 is 1.33 bits per heavy atom. The third kappa shape index (κ3) is 2.44. The van der Waals surface area contributed by atoms with Gasteiger partial charge < -0.3 is 5.32 Å². The zero-order valence-corrected chi connectivity index (χ0v) is 12.1. The zero-order chi connectivity index (χ0) is 13.3. The number of hydrogen-bond acceptors (Lipinski definition) is 2. The van der Waals surface area contributed by atoms with Crippen LogP contribution in [0.1, 0.15) is 25.1 Å². The van der Waals surface area contributed by atoms with Gasteiger partial charge >= 0.3 is 0 Å². The predicted octanol–water partition coefficient (Wildman–Crippen LogP) is 4.44. The Labute approximate surface area is 113 Å². The summed E-state index contributed by atoms with van der Waals surface area (Å²) in [6.45, 7) is 6.43. The Bertz CT molecular complexity index is 576. The summed E-state index contributed by atoms with van der Waals surface area (Å²) in [6.07, 6.45) is 0.983. The number of hydrogen-bond donors (Lipinski definition) is 1. The number of aryl methyl sites for hydroxylation is 1. The van der Waals surface area contributed by atoms with E-state index in [-0.39, 0.29) is 0 Å². The molecule has 0 bridgehead atoms. The van der Waals surface area contributed by atoms with Crippen molar-refractivity contribution in [3.05, 3.63) is 34.5 Å². The van der Waals surface area contributed by atoms with Crippen molar-refractivity contribution in [2.45, 2.75) is 27.2 Å². The van der Waals surface area contributed by atoms with Gasteiger partial charge in [-0.1, -0.05) is 25.4 Å². The third-order valence-electron chi connectivity index (χ3n) is 3.11. The van der Waals surface area contributed by atoms with Gasteiger partial charge in [0.15, 0.2) is 0 Å². The summed E-state index contributed by atoms with van der Waals surface area (Å²) in [6, 6.07) is 6.10. The van der Waals surface area contributed by atoms with Gasteiger partial charge in [-0.15, -0.1) is 0 Å². The van der Waals surface area contributed by atoms with Crippen LogP contribution in [0.3, 0.4) is 0 Å². The minimum absolute atomic E-state index is 0.596. The topological polar surface area (TPSA) is 24.9 Å². The van der Waals surface area contributed by atoms with Crippen molar-refractivity contribution in [3.8, 4) is 0 Å². The van der Waals surface area contributed by atoms with Gasteiger partial charge in [-0.2, -0.15) is 0 Å². The largest absolute Gasteiger partial charge is 0.388 e. The molecule has 0 radical (unpaired) electrons. The summed E-state index contributed by atoms with van der Waals surface area (Å²) in [7, 11) is 1.94. The van der Waals surface area contributed by atoms with Crippen molar-refractivity contribution >= 4 is 28.2 Å². The van der Waals surface area contributed by atoms with Crippen LogP contribution in [-0.4, -0.2) is 12.0 Å². The lowest BCUT2D eigenvalue weighted by molar-refractivity contribution is 0.637. The van der Waals surface area contributed by atoms with Crippen LogP contribution in [0.4, 0.5) is 5.69 Å². The van der Waals surface area contributed by atoms with E-state index in [2.05, 4.69) is 25.2 Å². The van der Waals surface area contributed by atoms with Gasteiger partial charge in [0.2, 0.25) is 0 Å². The number of fused-ring (bicyclic) bond motifs is 1. The van der Waals surface area contributed by atoms with Crippen LogP contribution < -0.4 is 5.32 Å². The molecule has 2 nitrogen and oxygen atoms in total. The molecule has 0 amide bonds. The van der Waals surface area contributed by atoms with Crippen molar-refractivity contribution in [2.75, 3.05) is 12.4 Å². The second-order valence-electron chi connectivity index (χ2n) is 5.08. The molecule has 96 valence electrons. The van der Waals surface area contributed by atoms with E-state index in [0.717, 1.165) is 39.3 Å². The number of nitrogens with zero attached hydrogens (tertiary/aromatic N) is 1. The van der Waals surface area contributed by atoms with Crippen molar-refractivity contribution in [1.82, 2.24) is 4.98 Å². The molecule has 0 aliphatic heterocycles. The molecule has 0 aliphatic carbocycles. The second kappa shape index (κ2) is 5.15. The lowest BCUT2D eigenvalue weighted by atomic mass is 10.0. The Balaban J connectivity index is 2.68. The molecule has 1 aromatic heterocycles. The first-order chi connectivity index (χ1) is 8.52. The highest BCUT2D eigenvalue weighted by Gasteiger charge is 2.10. The molecule has 0 fully saturated rings. The van der Waals surface area contributed by atoms with Gasteiger partial charge in [0.1, 0.15) is 0 Å². The van der Waals surface area contributed by atoms with Crippen LogP contribution >= 0.6 is 11.6 Å². The van der Waals surface area contributed by atoms with Gasteiger partial charge in [-0.3, -0.25) is 4.98 Å². The first-order valence-corrected chi connectivity index (χ1v) is 6.67. The number of benzene rings is 1. The zero-order valence-electron chi connectivity index (χ0n) is 11.3. The van der Waals surface area contributed by atoms with Crippen LogP contribution in [0.5, 0.6) is 0 Å². The first kappa shape index (κ1) is 13.2. The smallest absolute Gasteiger partial charge is 0.0770 e. The lowest BCUT2D eigenvalue weighted by Gasteiger charge is -2.12. The van der Waals surface area contributed by atoms with Gasteiger partial charge in [-0.25, -0.2) is 0 Å². The molecule has 1 aromatic carbocycles. The summed E-state index contributed by atoms with van der Waals surface area (Å²) in [5, 5.41) is 5.16. The van der Waals surface area contributed by atoms with E-state index in [1.54, 1.807) is 0 Å². The Morgan fingerprint density at radius 3 is 2.67 bits per heavy atom. The highest BCUT2D eigenvalue weighted by Crippen LogP contribution is 2.30. The van der Waals surface area contributed by atoms with Gasteiger partial charge in [0.05, 0.1) is 5.52 Å². The SMILES string of the molecule is CNc1cc(CC(C)C)nc2c(C)c(Cl)ccc12. The number of pyridine rings is 1. The van der Waals surface area contributed by atoms with E-state index < -0.39 is 0 Å². The minimum Gasteiger partial charge on any atom is -0.388 e. The summed E-state index contributed by atoms with van der Waals surface area (Å²) in [5.41, 5.74) is 4.30. The highest BCUT2D eigenvalue weighted by molar-refractivity contribution is 6.32. The van der Waals surface area contributed by atoms with E-state index in [0.29, 0.717) is 5.92 Å². The first-order valence-electron chi connectivity index (χ1n) is 6.29. The van der Waals surface area contributed by atoms with E-state index in [1.165, 1.54) is 0 Å². The van der Waals surface area contributed by atoms with Crippen LogP contribution in [0.2, 0.25) is 5.02 Å². The Hall–Kier alpha value is -1.28. The molecular weight excluding hydrogens is 244 g/mol. The summed E-state index contributed by atoms with van der Waals surface area (Å²) in [4.78, 5) is 4.76. The maximum atomic E-state index is 6.18. The molecular formula is C15H19ClN2. The van der Waals surface area contributed by atoms with Crippen molar-refractivity contribution < 1.29 is 0 Å². The van der Waals surface area contributed by atoms with Crippen LogP contribution in [0.15, 0.2) is 18.2 Å². The molecule has 0 atom stereocenters. The van der Waals surface area contributed by atoms with Gasteiger partial charge in [0, 0.05) is 28.8 Å². The molecule has 1 N–H and O–H groups in total. The van der Waals surface area contributed by atoms with Crippen molar-refractivity contribution in [1.29, 1.82) is 0 Å². The fraction of sp³-hybridized carbons (Fsp3) is 0.400. The molecule has 3 heteroatoms. The van der Waals surface area contributed by atoms with Crippen LogP contribution in [0, 0.1) is 12.8 Å². The highest BCUT2D eigenvalue weighted by atomic mass is 35.5. The molecule has 0 saturated carbocycles. The van der Waals surface area contributed by atoms with Gasteiger partial charge in [0.25, 0.3) is 0 Å².